The summed E-state index contributed by atoms with van der Waals surface area (Å²) in [7, 11) is 0. The number of aliphatic hydroxyl groups is 5. The lowest BCUT2D eigenvalue weighted by Crippen LogP contribution is -2.56. The highest BCUT2D eigenvalue weighted by Crippen LogP contribution is 2.36. The molecular formula is C42H66O18. The monoisotopic (exact) mass is 858 g/mol. The molecule has 0 radical (unpaired) electrons. The number of phenols is 1. The van der Waals surface area contributed by atoms with Crippen LogP contribution in [0.4, 0.5) is 0 Å². The fraction of sp³-hybridized carbons (Fsp3) is 0.857. The van der Waals surface area contributed by atoms with Gasteiger partial charge in [-0.25, -0.2) is 0 Å². The average Bonchev–Trinajstić information content (AvgIpc) is 3.18. The van der Waals surface area contributed by atoms with Gasteiger partial charge in [0, 0.05) is 38.5 Å². The van der Waals surface area contributed by atoms with Crippen molar-refractivity contribution in [2.24, 2.45) is 0 Å². The van der Waals surface area contributed by atoms with Crippen LogP contribution in [-0.4, -0.2) is 166 Å². The smallest absolute Gasteiger partial charge is 0.202 e. The van der Waals surface area contributed by atoms with Gasteiger partial charge in [0.1, 0.15) is 35.9 Å². The first kappa shape index (κ1) is 46.2. The van der Waals surface area contributed by atoms with Crippen LogP contribution in [0.3, 0.4) is 0 Å². The summed E-state index contributed by atoms with van der Waals surface area (Å²) in [5.74, 6) is 0.611. The zero-order chi connectivity index (χ0) is 42.8. The molecule has 18 nitrogen and oxygen atoms in total. The number of ether oxygens (including phenoxy) is 12. The molecule has 1 aromatic rings. The van der Waals surface area contributed by atoms with E-state index in [2.05, 4.69) is 0 Å². The van der Waals surface area contributed by atoms with E-state index in [0.717, 1.165) is 0 Å². The quantitative estimate of drug-likeness (QED) is 0.177. The molecule has 6 N–H and O–H groups in total. The van der Waals surface area contributed by atoms with E-state index in [1.165, 1.54) is 12.1 Å². The Balaban J connectivity index is 0.845. The first-order chi connectivity index (χ1) is 28.6. The fourth-order valence-electron chi connectivity index (χ4n) is 8.92. The van der Waals surface area contributed by atoms with E-state index in [9.17, 15) is 30.6 Å². The zero-order valence-corrected chi connectivity index (χ0v) is 35.3. The van der Waals surface area contributed by atoms with Gasteiger partial charge in [-0.3, -0.25) is 0 Å². The van der Waals surface area contributed by atoms with Gasteiger partial charge in [-0.2, -0.15) is 0 Å². The Hall–Kier alpha value is -1.82. The SMILES string of the molecule is C[C@@H]1O[C@@H](O[C@H]2[C@H](O)C[C@H](O[C@@H]3C[C@H](Oc4ccc(O)cc4)O[C@H](C)[C@H]3O)O[C@@H]2C)CC[C@@H]1O[C@H]1C[C@@H](O[C@H]2C[C@@H](O)[C@H](O[C@H]3CC[C@H](O)[C@H](C)O3)[C@@H](C)O2)[C@H](O)[C@@H](C)O1. The number of aliphatic hydroxyl groups excluding tert-OH is 5. The maximum atomic E-state index is 11.2. The number of benzene rings is 1. The van der Waals surface area contributed by atoms with Crippen molar-refractivity contribution in [3.63, 3.8) is 0 Å². The summed E-state index contributed by atoms with van der Waals surface area (Å²) in [6.45, 7) is 10.7. The van der Waals surface area contributed by atoms with E-state index in [0.29, 0.717) is 31.4 Å². The molecule has 7 rings (SSSR count). The number of hydrogen-bond acceptors (Lipinski definition) is 18. The Morgan fingerprint density at radius 1 is 0.417 bits per heavy atom. The first-order valence-electron chi connectivity index (χ1n) is 21.7. The van der Waals surface area contributed by atoms with Crippen LogP contribution in [0.2, 0.25) is 0 Å². The molecule has 18 heteroatoms. The van der Waals surface area contributed by atoms with Gasteiger partial charge in [0.15, 0.2) is 31.5 Å². The Labute approximate surface area is 351 Å². The molecule has 0 bridgehead atoms. The standard InChI is InChI=1S/C42H66O18/c1-19-27(44)11-13-33(49-19)59-41-23(5)53-36(15-28(41)45)58-32-18-38(52-22(4)40(32)48)56-30-12-14-34(50-20(30)2)60-42-24(6)54-35(16-29(42)46)57-31-17-37(51-21(3)39(31)47)55-26-9-7-25(43)8-10-26/h7-10,19-24,27-48H,11-18H2,1-6H3/t19-,20-,21+,22+,23+,24+,27-,28+,29+,30-,31+,32+,33-,34-,35-,36-,37-,38-,39+,40+,41+,42+/m0/s1. The van der Waals surface area contributed by atoms with Crippen LogP contribution >= 0.6 is 0 Å². The van der Waals surface area contributed by atoms with Gasteiger partial charge in [-0.05, 0) is 78.6 Å². The van der Waals surface area contributed by atoms with Crippen LogP contribution in [0.15, 0.2) is 24.3 Å². The maximum Gasteiger partial charge on any atom is 0.202 e. The Morgan fingerprint density at radius 3 is 1.37 bits per heavy atom. The molecule has 0 aliphatic carbocycles. The summed E-state index contributed by atoms with van der Waals surface area (Å²) >= 11 is 0. The van der Waals surface area contributed by atoms with Gasteiger partial charge in [0.05, 0.1) is 73.2 Å². The van der Waals surface area contributed by atoms with Crippen LogP contribution in [0.1, 0.15) is 92.9 Å². The van der Waals surface area contributed by atoms with Gasteiger partial charge < -0.3 is 87.5 Å². The fourth-order valence-corrected chi connectivity index (χ4v) is 8.92. The Kier molecular flexibility index (Phi) is 15.7. The van der Waals surface area contributed by atoms with Gasteiger partial charge in [-0.1, -0.05) is 0 Å². The van der Waals surface area contributed by atoms with Crippen LogP contribution < -0.4 is 4.74 Å². The topological polar surface area (TPSA) is 232 Å². The van der Waals surface area contributed by atoms with Crippen molar-refractivity contribution < 1.29 is 87.5 Å². The minimum absolute atomic E-state index is 0.107. The number of aromatic hydroxyl groups is 1. The molecule has 0 spiro atoms. The van der Waals surface area contributed by atoms with E-state index >= 15 is 0 Å². The molecule has 0 aromatic heterocycles. The number of rotatable bonds is 12. The van der Waals surface area contributed by atoms with Crippen molar-refractivity contribution in [3.8, 4) is 11.5 Å². The second kappa shape index (κ2) is 20.3. The lowest BCUT2D eigenvalue weighted by Gasteiger charge is -2.45. The predicted molar refractivity (Wildman–Crippen MR) is 206 cm³/mol. The average molecular weight is 859 g/mol. The molecule has 0 unspecified atom stereocenters. The van der Waals surface area contributed by atoms with Crippen LogP contribution in [-0.2, 0) is 52.1 Å². The van der Waals surface area contributed by atoms with Gasteiger partial charge in [0.25, 0.3) is 0 Å². The molecule has 0 saturated carbocycles. The molecule has 6 heterocycles. The van der Waals surface area contributed by atoms with Crippen molar-refractivity contribution in [3.05, 3.63) is 24.3 Å². The van der Waals surface area contributed by atoms with Crippen LogP contribution in [0, 0.1) is 0 Å². The van der Waals surface area contributed by atoms with E-state index < -0.39 is 123 Å². The Bertz CT molecular complexity index is 1450. The van der Waals surface area contributed by atoms with E-state index in [1.54, 1.807) is 46.8 Å². The normalized spacial score (nSPS) is 48.0. The minimum Gasteiger partial charge on any atom is -0.508 e. The largest absolute Gasteiger partial charge is 0.508 e. The van der Waals surface area contributed by atoms with Crippen LogP contribution in [0.25, 0.3) is 0 Å². The summed E-state index contributed by atoms with van der Waals surface area (Å²) in [4.78, 5) is 0. The summed E-state index contributed by atoms with van der Waals surface area (Å²) < 4.78 is 73.2. The summed E-state index contributed by atoms with van der Waals surface area (Å²) in [5, 5.41) is 63.7. The predicted octanol–water partition coefficient (Wildman–Crippen LogP) is 2.09. The van der Waals surface area contributed by atoms with Gasteiger partial charge in [0.2, 0.25) is 6.29 Å². The highest BCUT2D eigenvalue weighted by molar-refractivity contribution is 5.30. The lowest BCUT2D eigenvalue weighted by molar-refractivity contribution is -0.340. The highest BCUT2D eigenvalue weighted by Gasteiger charge is 2.47. The van der Waals surface area contributed by atoms with Crippen molar-refractivity contribution in [1.82, 2.24) is 0 Å². The highest BCUT2D eigenvalue weighted by atomic mass is 16.8. The van der Waals surface area contributed by atoms with E-state index in [4.69, 9.17) is 56.8 Å². The van der Waals surface area contributed by atoms with Crippen molar-refractivity contribution in [2.75, 3.05) is 0 Å². The maximum absolute atomic E-state index is 11.2. The molecule has 342 valence electrons. The van der Waals surface area contributed by atoms with Crippen molar-refractivity contribution in [1.29, 1.82) is 0 Å². The third kappa shape index (κ3) is 11.5. The van der Waals surface area contributed by atoms with Crippen molar-refractivity contribution in [2.45, 2.75) is 228 Å². The molecule has 0 amide bonds. The van der Waals surface area contributed by atoms with E-state index in [1.807, 2.05) is 6.92 Å². The van der Waals surface area contributed by atoms with Gasteiger partial charge >= 0.3 is 0 Å². The lowest BCUT2D eigenvalue weighted by atomic mass is 9.99. The Morgan fingerprint density at radius 2 is 0.850 bits per heavy atom. The minimum atomic E-state index is -0.958. The molecule has 1 aromatic carbocycles. The third-order valence-corrected chi connectivity index (χ3v) is 12.5. The molecule has 60 heavy (non-hydrogen) atoms. The van der Waals surface area contributed by atoms with E-state index in [-0.39, 0.29) is 43.6 Å². The molecule has 6 fully saturated rings. The zero-order valence-electron chi connectivity index (χ0n) is 35.3. The molecule has 6 aliphatic heterocycles. The third-order valence-electron chi connectivity index (χ3n) is 12.5. The van der Waals surface area contributed by atoms with Crippen molar-refractivity contribution >= 4 is 0 Å². The van der Waals surface area contributed by atoms with Crippen LogP contribution in [0.5, 0.6) is 11.5 Å². The molecule has 6 aliphatic rings. The second-order valence-corrected chi connectivity index (χ2v) is 17.2. The summed E-state index contributed by atoms with van der Waals surface area (Å²) in [5.41, 5.74) is 0. The molecule has 6 saturated heterocycles. The van der Waals surface area contributed by atoms with Gasteiger partial charge in [-0.15, -0.1) is 0 Å². The molecular weight excluding hydrogens is 792 g/mol. The summed E-state index contributed by atoms with van der Waals surface area (Å²) in [6, 6.07) is 6.26. The molecule has 22 atom stereocenters. The number of hydrogen-bond donors (Lipinski definition) is 6. The number of phenolic OH excluding ortho intramolecular Hbond substituents is 1. The second-order valence-electron chi connectivity index (χ2n) is 17.2. The first-order valence-corrected chi connectivity index (χ1v) is 21.7. The summed E-state index contributed by atoms with van der Waals surface area (Å²) in [6.07, 6.45) is -11.9.